The molecule has 0 spiro atoms. The van der Waals surface area contributed by atoms with Crippen molar-refractivity contribution in [2.45, 2.75) is 6.92 Å². The monoisotopic (exact) mass is 252 g/mol. The number of hydrogen-bond acceptors (Lipinski definition) is 2. The van der Waals surface area contributed by atoms with E-state index in [4.69, 9.17) is 0 Å². The van der Waals surface area contributed by atoms with Crippen LogP contribution in [0.3, 0.4) is 0 Å². The Morgan fingerprint density at radius 2 is 1.89 bits per heavy atom. The van der Waals surface area contributed by atoms with Crippen LogP contribution < -0.4 is 0 Å². The van der Waals surface area contributed by atoms with Crippen molar-refractivity contribution in [1.29, 1.82) is 0 Å². The fourth-order valence-corrected chi connectivity index (χ4v) is 1.65. The van der Waals surface area contributed by atoms with Gasteiger partial charge in [-0.05, 0) is 13.0 Å². The van der Waals surface area contributed by atoms with Gasteiger partial charge in [-0.25, -0.2) is 4.39 Å². The first kappa shape index (κ1) is 14.2. The first-order valence-corrected chi connectivity index (χ1v) is 5.72. The van der Waals surface area contributed by atoms with Crippen molar-refractivity contribution in [2.24, 2.45) is 0 Å². The van der Waals surface area contributed by atoms with Gasteiger partial charge in [0.05, 0.1) is 0 Å². The first-order chi connectivity index (χ1) is 8.54. The summed E-state index contributed by atoms with van der Waals surface area (Å²) in [7, 11) is 0. The molecule has 1 aliphatic rings. The highest BCUT2D eigenvalue weighted by molar-refractivity contribution is 5.93. The molecule has 0 aromatic rings. The van der Waals surface area contributed by atoms with Crippen molar-refractivity contribution in [3.05, 3.63) is 36.2 Å². The zero-order valence-electron chi connectivity index (χ0n) is 10.4. The van der Waals surface area contributed by atoms with Crippen molar-refractivity contribution in [3.63, 3.8) is 0 Å². The van der Waals surface area contributed by atoms with Crippen molar-refractivity contribution in [3.8, 4) is 0 Å². The Bertz CT molecular complexity index is 394. The van der Waals surface area contributed by atoms with Crippen LogP contribution in [-0.4, -0.2) is 48.3 Å². The Morgan fingerprint density at radius 3 is 2.39 bits per heavy atom. The van der Waals surface area contributed by atoms with Crippen molar-refractivity contribution < 1.29 is 14.0 Å². The molecular formula is C13H17FN2O2. The maximum Gasteiger partial charge on any atom is 0.249 e. The van der Waals surface area contributed by atoms with E-state index in [0.717, 1.165) is 6.41 Å². The van der Waals surface area contributed by atoms with E-state index in [0.29, 0.717) is 31.8 Å². The number of piperazine rings is 1. The molecule has 1 heterocycles. The average Bonchev–Trinajstić information content (AvgIpc) is 2.37. The molecule has 98 valence electrons. The van der Waals surface area contributed by atoms with Gasteiger partial charge in [0.2, 0.25) is 12.3 Å². The predicted molar refractivity (Wildman–Crippen MR) is 67.4 cm³/mol. The van der Waals surface area contributed by atoms with Gasteiger partial charge in [0.15, 0.2) is 0 Å². The number of halogens is 1. The standard InChI is InChI=1S/C13H17FN2O2/c1-11(4-3-5-12(2)14)13(18)16-8-6-15(10-17)7-9-16/h3-5,10H,2,6-9H2,1H3/b5-3-,11-4+. The van der Waals surface area contributed by atoms with Crippen LogP contribution in [0, 0.1) is 0 Å². The quantitative estimate of drug-likeness (QED) is 0.429. The normalized spacial score (nSPS) is 17.1. The van der Waals surface area contributed by atoms with Gasteiger partial charge in [0.25, 0.3) is 0 Å². The predicted octanol–water partition coefficient (Wildman–Crippen LogP) is 1.27. The lowest BCUT2D eigenvalue weighted by Gasteiger charge is -2.32. The van der Waals surface area contributed by atoms with Crippen LogP contribution in [0.5, 0.6) is 0 Å². The van der Waals surface area contributed by atoms with E-state index in [9.17, 15) is 14.0 Å². The van der Waals surface area contributed by atoms with Crippen LogP contribution in [0.1, 0.15) is 6.92 Å². The van der Waals surface area contributed by atoms with Crippen molar-refractivity contribution in [2.75, 3.05) is 26.2 Å². The van der Waals surface area contributed by atoms with E-state index in [2.05, 4.69) is 6.58 Å². The smallest absolute Gasteiger partial charge is 0.249 e. The zero-order valence-corrected chi connectivity index (χ0v) is 10.4. The van der Waals surface area contributed by atoms with Gasteiger partial charge >= 0.3 is 0 Å². The van der Waals surface area contributed by atoms with Crippen LogP contribution in [-0.2, 0) is 9.59 Å². The number of nitrogens with zero attached hydrogens (tertiary/aromatic N) is 2. The van der Waals surface area contributed by atoms with Crippen molar-refractivity contribution >= 4 is 12.3 Å². The minimum atomic E-state index is -0.550. The van der Waals surface area contributed by atoms with Gasteiger partial charge in [-0.1, -0.05) is 18.7 Å². The first-order valence-electron chi connectivity index (χ1n) is 5.72. The van der Waals surface area contributed by atoms with Crippen LogP contribution >= 0.6 is 0 Å². The lowest BCUT2D eigenvalue weighted by molar-refractivity contribution is -0.131. The molecule has 0 N–H and O–H groups in total. The summed E-state index contributed by atoms with van der Waals surface area (Å²) in [5.41, 5.74) is 0.534. The van der Waals surface area contributed by atoms with E-state index < -0.39 is 5.83 Å². The second-order valence-corrected chi connectivity index (χ2v) is 4.09. The summed E-state index contributed by atoms with van der Waals surface area (Å²) in [6.45, 7) is 6.94. The van der Waals surface area contributed by atoms with E-state index >= 15 is 0 Å². The molecule has 1 aliphatic heterocycles. The third-order valence-corrected chi connectivity index (χ3v) is 2.71. The molecule has 0 aromatic carbocycles. The molecule has 18 heavy (non-hydrogen) atoms. The largest absolute Gasteiger partial charge is 0.342 e. The van der Waals surface area contributed by atoms with Gasteiger partial charge in [-0.2, -0.15) is 0 Å². The molecule has 1 rings (SSSR count). The summed E-state index contributed by atoms with van der Waals surface area (Å²) in [6.07, 6.45) is 5.00. The Morgan fingerprint density at radius 1 is 1.28 bits per heavy atom. The average molecular weight is 252 g/mol. The van der Waals surface area contributed by atoms with E-state index in [1.165, 1.54) is 12.2 Å². The molecule has 1 fully saturated rings. The number of amides is 2. The second kappa shape index (κ2) is 6.74. The Labute approximate surface area is 106 Å². The number of carbonyl (C=O) groups is 2. The Kier molecular flexibility index (Phi) is 5.30. The van der Waals surface area contributed by atoms with Gasteiger partial charge in [0.1, 0.15) is 5.83 Å². The lowest BCUT2D eigenvalue weighted by Crippen LogP contribution is -2.48. The number of carbonyl (C=O) groups excluding carboxylic acids is 2. The molecule has 0 aromatic heterocycles. The van der Waals surface area contributed by atoms with Crippen LogP contribution in [0.15, 0.2) is 36.2 Å². The molecular weight excluding hydrogens is 235 g/mol. The molecule has 0 saturated carbocycles. The van der Waals surface area contributed by atoms with Crippen LogP contribution in [0.25, 0.3) is 0 Å². The maximum absolute atomic E-state index is 12.3. The van der Waals surface area contributed by atoms with Crippen LogP contribution in [0.4, 0.5) is 4.39 Å². The highest BCUT2D eigenvalue weighted by Crippen LogP contribution is 2.06. The third-order valence-electron chi connectivity index (χ3n) is 2.71. The Balaban J connectivity index is 2.54. The van der Waals surface area contributed by atoms with Gasteiger partial charge < -0.3 is 9.80 Å². The second-order valence-electron chi connectivity index (χ2n) is 4.09. The third kappa shape index (κ3) is 4.16. The maximum atomic E-state index is 12.3. The molecule has 1 saturated heterocycles. The molecule has 0 radical (unpaired) electrons. The van der Waals surface area contributed by atoms with Gasteiger partial charge in [0, 0.05) is 31.8 Å². The summed E-state index contributed by atoms with van der Waals surface area (Å²) < 4.78 is 12.3. The van der Waals surface area contributed by atoms with E-state index in [1.807, 2.05) is 0 Å². The summed E-state index contributed by atoms with van der Waals surface area (Å²) in [5, 5.41) is 0. The summed E-state index contributed by atoms with van der Waals surface area (Å²) in [4.78, 5) is 25.8. The number of rotatable bonds is 4. The molecule has 0 aliphatic carbocycles. The summed E-state index contributed by atoms with van der Waals surface area (Å²) in [6, 6.07) is 0. The summed E-state index contributed by atoms with van der Waals surface area (Å²) >= 11 is 0. The fourth-order valence-electron chi connectivity index (χ4n) is 1.65. The highest BCUT2D eigenvalue weighted by Gasteiger charge is 2.20. The lowest BCUT2D eigenvalue weighted by atomic mass is 10.2. The van der Waals surface area contributed by atoms with E-state index in [-0.39, 0.29) is 5.91 Å². The zero-order chi connectivity index (χ0) is 13.5. The van der Waals surface area contributed by atoms with Crippen molar-refractivity contribution in [1.82, 2.24) is 9.80 Å². The molecule has 0 atom stereocenters. The van der Waals surface area contributed by atoms with Gasteiger partial charge in [-0.3, -0.25) is 9.59 Å². The number of allylic oxidation sites excluding steroid dienone is 4. The van der Waals surface area contributed by atoms with Gasteiger partial charge in [-0.15, -0.1) is 0 Å². The minimum Gasteiger partial charge on any atom is -0.342 e. The van der Waals surface area contributed by atoms with Crippen LogP contribution in [0.2, 0.25) is 0 Å². The molecule has 0 bridgehead atoms. The topological polar surface area (TPSA) is 40.6 Å². The Hall–Kier alpha value is -1.91. The molecule has 0 unspecified atom stereocenters. The molecule has 4 nitrogen and oxygen atoms in total. The highest BCUT2D eigenvalue weighted by atomic mass is 19.1. The molecule has 2 amide bonds. The summed E-state index contributed by atoms with van der Waals surface area (Å²) in [5.74, 6) is -0.638. The van der Waals surface area contributed by atoms with E-state index in [1.54, 1.807) is 22.8 Å². The SMILES string of the molecule is C=C(F)/C=C\C=C(/C)C(=O)N1CCN(C=O)CC1. The number of hydrogen-bond donors (Lipinski definition) is 0. The minimum absolute atomic E-state index is 0.0883. The molecule has 5 heteroatoms. The fraction of sp³-hybridized carbons (Fsp3) is 0.385.